The highest BCUT2D eigenvalue weighted by Crippen LogP contribution is 2.36. The third-order valence-corrected chi connectivity index (χ3v) is 5.34. The first-order valence-corrected chi connectivity index (χ1v) is 8.84. The molecule has 0 aliphatic carbocycles. The van der Waals surface area contributed by atoms with E-state index < -0.39 is 0 Å². The summed E-state index contributed by atoms with van der Waals surface area (Å²) in [6.45, 7) is 3.49. The molecule has 0 bridgehead atoms. The molecule has 0 saturated heterocycles. The van der Waals surface area contributed by atoms with Gasteiger partial charge in [0.2, 0.25) is 5.12 Å². The van der Waals surface area contributed by atoms with Crippen LogP contribution in [0.1, 0.15) is 0 Å². The first kappa shape index (κ1) is 15.3. The zero-order chi connectivity index (χ0) is 14.4. The first-order chi connectivity index (χ1) is 9.72. The monoisotopic (exact) mass is 318 g/mol. The molecular weight excluding hydrogens is 304 g/mol. The largest absolute Gasteiger partial charge is 0.282 e. The predicted octanol–water partition coefficient (Wildman–Crippen LogP) is 5.36. The van der Waals surface area contributed by atoms with Gasteiger partial charge < -0.3 is 0 Å². The zero-order valence-corrected chi connectivity index (χ0v) is 13.5. The number of carbonyl (C=O) groups excluding carboxylic acids is 1. The van der Waals surface area contributed by atoms with Gasteiger partial charge in [-0.2, -0.15) is 0 Å². The van der Waals surface area contributed by atoms with Crippen molar-refractivity contribution in [3.8, 4) is 0 Å². The molecule has 20 heavy (non-hydrogen) atoms. The Kier molecular flexibility index (Phi) is 5.83. The average Bonchev–Trinajstić information content (AvgIpc) is 2.48. The van der Waals surface area contributed by atoms with E-state index in [9.17, 15) is 4.79 Å². The van der Waals surface area contributed by atoms with Crippen LogP contribution in [0.15, 0.2) is 80.8 Å². The molecular formula is C16H14OS3. The van der Waals surface area contributed by atoms with Crippen LogP contribution in [-0.4, -0.2) is 11.4 Å². The molecule has 4 heteroatoms. The van der Waals surface area contributed by atoms with Gasteiger partial charge in [0.15, 0.2) is 0 Å². The number of rotatable bonds is 5. The fraction of sp³-hybridized carbons (Fsp3) is 0.0625. The number of hydrogen-bond acceptors (Lipinski definition) is 4. The van der Waals surface area contributed by atoms with Crippen LogP contribution in [0.3, 0.4) is 0 Å². The molecule has 0 aromatic heterocycles. The Morgan fingerprint density at radius 2 is 1.75 bits per heavy atom. The highest BCUT2D eigenvalue weighted by Gasteiger charge is 2.05. The van der Waals surface area contributed by atoms with E-state index in [-0.39, 0.29) is 5.12 Å². The standard InChI is InChI=1S/C16H14OS3/c1-3-16(17)20-13-8-6-7-12(11-13)19-15-10-5-4-9-14(15)18-2/h3-11H,1H2,2H3. The van der Waals surface area contributed by atoms with Crippen molar-refractivity contribution >= 4 is 40.4 Å². The van der Waals surface area contributed by atoms with Crippen molar-refractivity contribution in [3.05, 3.63) is 61.2 Å². The fourth-order valence-corrected chi connectivity index (χ4v) is 4.07. The van der Waals surface area contributed by atoms with E-state index in [2.05, 4.69) is 31.0 Å². The van der Waals surface area contributed by atoms with Crippen LogP contribution < -0.4 is 0 Å². The van der Waals surface area contributed by atoms with E-state index in [1.807, 2.05) is 30.3 Å². The lowest BCUT2D eigenvalue weighted by atomic mass is 10.4. The van der Waals surface area contributed by atoms with Crippen LogP contribution in [0.4, 0.5) is 0 Å². The van der Waals surface area contributed by atoms with E-state index in [1.165, 1.54) is 27.6 Å². The maximum atomic E-state index is 11.4. The van der Waals surface area contributed by atoms with Gasteiger partial charge in [-0.25, -0.2) is 0 Å². The SMILES string of the molecule is C=CC(=O)Sc1cccc(Sc2ccccc2SC)c1. The number of carbonyl (C=O) groups is 1. The average molecular weight is 318 g/mol. The second kappa shape index (κ2) is 7.62. The van der Waals surface area contributed by atoms with Gasteiger partial charge in [-0.05, 0) is 54.4 Å². The van der Waals surface area contributed by atoms with Crippen LogP contribution in [-0.2, 0) is 4.79 Å². The summed E-state index contributed by atoms with van der Waals surface area (Å²) in [6, 6.07) is 16.3. The highest BCUT2D eigenvalue weighted by atomic mass is 32.2. The Bertz CT molecular complexity index is 623. The van der Waals surface area contributed by atoms with Crippen molar-refractivity contribution in [2.45, 2.75) is 19.6 Å². The molecule has 0 N–H and O–H groups in total. The summed E-state index contributed by atoms with van der Waals surface area (Å²) in [6.07, 6.45) is 3.42. The van der Waals surface area contributed by atoms with Crippen LogP contribution in [0.2, 0.25) is 0 Å². The smallest absolute Gasteiger partial charge is 0.216 e. The van der Waals surface area contributed by atoms with E-state index >= 15 is 0 Å². The molecule has 0 radical (unpaired) electrons. The minimum Gasteiger partial charge on any atom is -0.282 e. The molecule has 0 fully saturated rings. The molecule has 1 nitrogen and oxygen atoms in total. The summed E-state index contributed by atoms with van der Waals surface area (Å²) in [5, 5.41) is -0.0309. The number of thioether (sulfide) groups is 2. The van der Waals surface area contributed by atoms with E-state index in [4.69, 9.17) is 0 Å². The van der Waals surface area contributed by atoms with Crippen LogP contribution in [0, 0.1) is 0 Å². The molecule has 2 aromatic carbocycles. The Hall–Kier alpha value is -1.10. The predicted molar refractivity (Wildman–Crippen MR) is 89.8 cm³/mol. The van der Waals surface area contributed by atoms with Gasteiger partial charge >= 0.3 is 0 Å². The molecule has 0 heterocycles. The Labute approximate surface area is 132 Å². The molecule has 0 atom stereocenters. The molecule has 0 amide bonds. The van der Waals surface area contributed by atoms with Gasteiger partial charge in [0.1, 0.15) is 0 Å². The second-order valence-corrected chi connectivity index (χ2v) is 6.89. The quantitative estimate of drug-likeness (QED) is 0.544. The zero-order valence-electron chi connectivity index (χ0n) is 11.0. The number of benzene rings is 2. The summed E-state index contributed by atoms with van der Waals surface area (Å²) < 4.78 is 0. The van der Waals surface area contributed by atoms with Gasteiger partial charge in [0.25, 0.3) is 0 Å². The third-order valence-electron chi connectivity index (χ3n) is 2.49. The molecule has 0 saturated carbocycles. The Morgan fingerprint density at radius 1 is 1.05 bits per heavy atom. The van der Waals surface area contributed by atoms with Gasteiger partial charge in [0, 0.05) is 19.6 Å². The molecule has 102 valence electrons. The third kappa shape index (κ3) is 4.20. The van der Waals surface area contributed by atoms with E-state index in [0.29, 0.717) is 0 Å². The normalized spacial score (nSPS) is 10.2. The summed E-state index contributed by atoms with van der Waals surface area (Å²) in [5.41, 5.74) is 0. The summed E-state index contributed by atoms with van der Waals surface area (Å²) in [5.74, 6) is 0. The topological polar surface area (TPSA) is 17.1 Å². The summed E-state index contributed by atoms with van der Waals surface area (Å²) in [4.78, 5) is 16.0. The molecule has 0 spiro atoms. The maximum absolute atomic E-state index is 11.4. The molecule has 0 aliphatic heterocycles. The van der Waals surface area contributed by atoms with E-state index in [0.717, 1.165) is 9.79 Å². The lowest BCUT2D eigenvalue weighted by Gasteiger charge is -2.07. The van der Waals surface area contributed by atoms with Crippen molar-refractivity contribution in [2.24, 2.45) is 0 Å². The lowest BCUT2D eigenvalue weighted by Crippen LogP contribution is -1.84. The highest BCUT2D eigenvalue weighted by molar-refractivity contribution is 8.14. The van der Waals surface area contributed by atoms with Crippen LogP contribution in [0.5, 0.6) is 0 Å². The van der Waals surface area contributed by atoms with Crippen LogP contribution in [0.25, 0.3) is 0 Å². The summed E-state index contributed by atoms with van der Waals surface area (Å²) >= 11 is 4.66. The fourth-order valence-electron chi connectivity index (χ4n) is 1.59. The first-order valence-electron chi connectivity index (χ1n) is 5.98. The summed E-state index contributed by atoms with van der Waals surface area (Å²) in [7, 11) is 0. The van der Waals surface area contributed by atoms with Gasteiger partial charge in [0.05, 0.1) is 0 Å². The van der Waals surface area contributed by atoms with Crippen molar-refractivity contribution in [3.63, 3.8) is 0 Å². The van der Waals surface area contributed by atoms with Crippen molar-refractivity contribution in [2.75, 3.05) is 6.26 Å². The van der Waals surface area contributed by atoms with Gasteiger partial charge in [-0.15, -0.1) is 11.8 Å². The molecule has 0 unspecified atom stereocenters. The van der Waals surface area contributed by atoms with Gasteiger partial charge in [-0.1, -0.05) is 36.5 Å². The molecule has 0 aliphatic rings. The minimum atomic E-state index is -0.0309. The van der Waals surface area contributed by atoms with E-state index in [1.54, 1.807) is 23.5 Å². The van der Waals surface area contributed by atoms with Crippen molar-refractivity contribution < 1.29 is 4.79 Å². The minimum absolute atomic E-state index is 0.0309. The lowest BCUT2D eigenvalue weighted by molar-refractivity contribution is -0.107. The van der Waals surface area contributed by atoms with Crippen molar-refractivity contribution in [1.82, 2.24) is 0 Å². The van der Waals surface area contributed by atoms with Crippen LogP contribution >= 0.6 is 35.3 Å². The molecule has 2 rings (SSSR count). The Morgan fingerprint density at radius 3 is 2.45 bits per heavy atom. The number of hydrogen-bond donors (Lipinski definition) is 0. The van der Waals surface area contributed by atoms with Gasteiger partial charge in [-0.3, -0.25) is 4.79 Å². The molecule has 2 aromatic rings. The Balaban J connectivity index is 2.19. The van der Waals surface area contributed by atoms with Crippen molar-refractivity contribution in [1.29, 1.82) is 0 Å². The second-order valence-electron chi connectivity index (χ2n) is 3.85. The maximum Gasteiger partial charge on any atom is 0.216 e.